The molecule has 0 aromatic carbocycles. The molecule has 0 radical (unpaired) electrons. The zero-order valence-corrected chi connectivity index (χ0v) is 15.1. The highest BCUT2D eigenvalue weighted by atomic mass is 16.5. The third kappa shape index (κ3) is 3.03. The van der Waals surface area contributed by atoms with Crippen LogP contribution in [0.2, 0.25) is 0 Å². The van der Waals surface area contributed by atoms with Gasteiger partial charge in [-0.1, -0.05) is 6.08 Å². The van der Waals surface area contributed by atoms with E-state index in [1.807, 2.05) is 0 Å². The first kappa shape index (κ1) is 16.0. The maximum absolute atomic E-state index is 6.17. The summed E-state index contributed by atoms with van der Waals surface area (Å²) in [5.41, 5.74) is 2.02. The van der Waals surface area contributed by atoms with Crippen molar-refractivity contribution in [2.24, 2.45) is 16.8 Å². The van der Waals surface area contributed by atoms with Crippen molar-refractivity contribution in [2.45, 2.75) is 25.4 Å². The number of anilines is 1. The van der Waals surface area contributed by atoms with Gasteiger partial charge in [-0.15, -0.1) is 0 Å². The Hall–Kier alpha value is -2.21. The quantitative estimate of drug-likeness (QED) is 0.833. The number of allylic oxidation sites excluding steroid dienone is 2. The molecule has 0 bridgehead atoms. The summed E-state index contributed by atoms with van der Waals surface area (Å²) in [6.07, 6.45) is 10.5. The lowest BCUT2D eigenvalue weighted by molar-refractivity contribution is 0.117. The molecule has 0 N–H and O–H groups in total. The highest BCUT2D eigenvalue weighted by molar-refractivity contribution is 6.03. The number of rotatable bonds is 4. The number of nitrogens with zero attached hydrogens (tertiary/aromatic N) is 4. The second-order valence-corrected chi connectivity index (χ2v) is 7.76. The fourth-order valence-corrected chi connectivity index (χ4v) is 3.79. The average Bonchev–Trinajstić information content (AvgIpc) is 3.25. The fourth-order valence-electron chi connectivity index (χ4n) is 3.79. The van der Waals surface area contributed by atoms with Gasteiger partial charge in [0.1, 0.15) is 23.5 Å². The molecule has 1 aromatic rings. The molecule has 26 heavy (non-hydrogen) atoms. The minimum absolute atomic E-state index is 0.0390. The Bertz CT molecular complexity index is 791. The monoisotopic (exact) mass is 352 g/mol. The van der Waals surface area contributed by atoms with Crippen molar-refractivity contribution in [2.75, 3.05) is 37.7 Å². The molecule has 2 atom stereocenters. The number of aliphatic imine (C=N–C) groups is 1. The molecule has 2 aliphatic heterocycles. The Kier molecular flexibility index (Phi) is 3.81. The number of aromatic nitrogens is 2. The van der Waals surface area contributed by atoms with Gasteiger partial charge in [0, 0.05) is 37.5 Å². The van der Waals surface area contributed by atoms with Gasteiger partial charge in [-0.3, -0.25) is 4.99 Å². The number of hydrogen-bond acceptors (Lipinski definition) is 6. The zero-order valence-electron chi connectivity index (χ0n) is 15.1. The summed E-state index contributed by atoms with van der Waals surface area (Å²) in [6, 6.07) is 2.07. The van der Waals surface area contributed by atoms with Crippen LogP contribution in [-0.4, -0.2) is 54.1 Å². The van der Waals surface area contributed by atoms with Gasteiger partial charge in [-0.2, -0.15) is 0 Å². The van der Waals surface area contributed by atoms with Crippen LogP contribution >= 0.6 is 0 Å². The van der Waals surface area contributed by atoms with Gasteiger partial charge in [0.2, 0.25) is 0 Å². The van der Waals surface area contributed by atoms with E-state index in [9.17, 15) is 0 Å². The van der Waals surface area contributed by atoms with Gasteiger partial charge in [-0.05, 0) is 31.9 Å². The minimum Gasteiger partial charge on any atom is -0.488 e. The van der Waals surface area contributed by atoms with E-state index in [4.69, 9.17) is 14.5 Å². The van der Waals surface area contributed by atoms with Crippen LogP contribution in [0.25, 0.3) is 0 Å². The van der Waals surface area contributed by atoms with Gasteiger partial charge >= 0.3 is 0 Å². The first-order chi connectivity index (χ1) is 12.7. The second-order valence-electron chi connectivity index (χ2n) is 7.76. The molecular weight excluding hydrogens is 328 g/mol. The third-order valence-electron chi connectivity index (χ3n) is 5.67. The molecule has 0 amide bonds. The Morgan fingerprint density at radius 1 is 1.23 bits per heavy atom. The summed E-state index contributed by atoms with van der Waals surface area (Å²) in [5, 5.41) is 0. The first-order valence-electron chi connectivity index (χ1n) is 9.49. The Balaban J connectivity index is 1.39. The van der Waals surface area contributed by atoms with E-state index < -0.39 is 0 Å². The van der Waals surface area contributed by atoms with E-state index in [-0.39, 0.29) is 11.5 Å². The molecular formula is C20H24N4O2. The summed E-state index contributed by atoms with van der Waals surface area (Å²) in [4.78, 5) is 16.1. The van der Waals surface area contributed by atoms with Crippen molar-refractivity contribution in [3.8, 4) is 0 Å². The lowest BCUT2D eigenvalue weighted by Gasteiger charge is -2.28. The van der Waals surface area contributed by atoms with Crippen molar-refractivity contribution in [3.05, 3.63) is 42.1 Å². The van der Waals surface area contributed by atoms with Crippen molar-refractivity contribution < 1.29 is 9.47 Å². The van der Waals surface area contributed by atoms with Gasteiger partial charge in [-0.25, -0.2) is 9.97 Å². The van der Waals surface area contributed by atoms with Crippen molar-refractivity contribution >= 4 is 11.5 Å². The summed E-state index contributed by atoms with van der Waals surface area (Å²) in [5.74, 6) is 2.58. The van der Waals surface area contributed by atoms with Crippen LogP contribution < -0.4 is 4.90 Å². The van der Waals surface area contributed by atoms with Crippen LogP contribution in [0.4, 0.5) is 5.82 Å². The molecule has 0 spiro atoms. The van der Waals surface area contributed by atoms with Crippen molar-refractivity contribution in [3.63, 3.8) is 0 Å². The van der Waals surface area contributed by atoms with Gasteiger partial charge in [0.25, 0.3) is 0 Å². The lowest BCUT2D eigenvalue weighted by Crippen LogP contribution is -2.37. The van der Waals surface area contributed by atoms with E-state index in [0.717, 1.165) is 68.7 Å². The van der Waals surface area contributed by atoms with Crippen LogP contribution in [-0.2, 0) is 9.47 Å². The number of morpholine rings is 1. The first-order valence-corrected chi connectivity index (χ1v) is 9.49. The van der Waals surface area contributed by atoms with E-state index in [2.05, 4.69) is 46.1 Å². The van der Waals surface area contributed by atoms with Gasteiger partial charge in [0.05, 0.1) is 24.6 Å². The van der Waals surface area contributed by atoms with Crippen molar-refractivity contribution in [1.82, 2.24) is 9.97 Å². The zero-order chi connectivity index (χ0) is 17.6. The smallest absolute Gasteiger partial charge is 0.132 e. The number of ether oxygens (including phenoxy) is 2. The molecule has 1 saturated heterocycles. The molecule has 136 valence electrons. The SMILES string of the molecule is CC1(OC2=CC3C(c4cc(N5CCOCC5)ncn4)=NCC3C=C2)CC1. The lowest BCUT2D eigenvalue weighted by atomic mass is 9.86. The van der Waals surface area contributed by atoms with Crippen LogP contribution in [0.5, 0.6) is 0 Å². The Morgan fingerprint density at radius 2 is 2.08 bits per heavy atom. The molecule has 6 heteroatoms. The largest absolute Gasteiger partial charge is 0.488 e. The summed E-state index contributed by atoms with van der Waals surface area (Å²) in [7, 11) is 0. The van der Waals surface area contributed by atoms with Gasteiger partial charge < -0.3 is 14.4 Å². The Labute approximate surface area is 153 Å². The molecule has 2 unspecified atom stereocenters. The van der Waals surface area contributed by atoms with Gasteiger partial charge in [0.15, 0.2) is 0 Å². The highest BCUT2D eigenvalue weighted by Gasteiger charge is 2.41. The van der Waals surface area contributed by atoms with Crippen molar-refractivity contribution in [1.29, 1.82) is 0 Å². The highest BCUT2D eigenvalue weighted by Crippen LogP contribution is 2.42. The molecule has 1 aromatic heterocycles. The maximum Gasteiger partial charge on any atom is 0.132 e. The molecule has 4 aliphatic rings. The molecule has 1 saturated carbocycles. The molecule has 6 nitrogen and oxygen atoms in total. The second kappa shape index (κ2) is 6.20. The standard InChI is InChI=1S/C20H24N4O2/c1-20(4-5-20)26-15-3-2-14-12-21-19(16(14)10-15)17-11-18(23-13-22-17)24-6-8-25-9-7-24/h2-3,10-11,13-14,16H,4-9,12H2,1H3. The van der Waals surface area contributed by atoms with E-state index >= 15 is 0 Å². The molecule has 3 heterocycles. The molecule has 2 aliphatic carbocycles. The molecule has 2 fully saturated rings. The topological polar surface area (TPSA) is 59.8 Å². The summed E-state index contributed by atoms with van der Waals surface area (Å²) in [6.45, 7) is 6.23. The predicted octanol–water partition coefficient (Wildman–Crippen LogP) is 2.37. The van der Waals surface area contributed by atoms with Crippen LogP contribution in [0.1, 0.15) is 25.5 Å². The maximum atomic E-state index is 6.17. The third-order valence-corrected chi connectivity index (χ3v) is 5.67. The van der Waals surface area contributed by atoms with E-state index in [0.29, 0.717) is 5.92 Å². The molecule has 5 rings (SSSR count). The fraction of sp³-hybridized carbons (Fsp3) is 0.550. The van der Waals surface area contributed by atoms with Crippen LogP contribution in [0.15, 0.2) is 41.4 Å². The minimum atomic E-state index is 0.0390. The normalized spacial score (nSPS) is 29.0. The number of hydrogen-bond donors (Lipinski definition) is 0. The summed E-state index contributed by atoms with van der Waals surface area (Å²) < 4.78 is 11.6. The van der Waals surface area contributed by atoms with E-state index in [1.165, 1.54) is 0 Å². The number of fused-ring (bicyclic) bond motifs is 1. The predicted molar refractivity (Wildman–Crippen MR) is 99.4 cm³/mol. The average molecular weight is 352 g/mol. The summed E-state index contributed by atoms with van der Waals surface area (Å²) >= 11 is 0. The van der Waals surface area contributed by atoms with Crippen LogP contribution in [0.3, 0.4) is 0 Å². The van der Waals surface area contributed by atoms with E-state index in [1.54, 1.807) is 6.33 Å². The van der Waals surface area contributed by atoms with Crippen LogP contribution in [0, 0.1) is 11.8 Å². The Morgan fingerprint density at radius 3 is 2.88 bits per heavy atom.